The van der Waals surface area contributed by atoms with E-state index in [4.69, 9.17) is 14.2 Å². The molecule has 1 aliphatic heterocycles. The van der Waals surface area contributed by atoms with E-state index in [9.17, 15) is 4.79 Å². The highest BCUT2D eigenvalue weighted by Crippen LogP contribution is 2.24. The van der Waals surface area contributed by atoms with Gasteiger partial charge in [0.2, 0.25) is 0 Å². The van der Waals surface area contributed by atoms with Gasteiger partial charge in [0.1, 0.15) is 17.6 Å². The summed E-state index contributed by atoms with van der Waals surface area (Å²) < 4.78 is 16.3. The fourth-order valence-corrected chi connectivity index (χ4v) is 3.76. The summed E-state index contributed by atoms with van der Waals surface area (Å²) in [5.74, 6) is 2.37. The largest absolute Gasteiger partial charge is 0.497 e. The Bertz CT molecular complexity index is 782. The van der Waals surface area contributed by atoms with E-state index in [1.165, 1.54) is 5.56 Å². The predicted octanol–water partition coefficient (Wildman–Crippen LogP) is 4.09. The Hall–Kier alpha value is -2.53. The Balaban J connectivity index is 1.43. The highest BCUT2D eigenvalue weighted by atomic mass is 16.5. The minimum atomic E-state index is -0.445. The number of methoxy groups -OCH3 is 2. The monoisotopic (exact) mass is 397 g/mol. The van der Waals surface area contributed by atoms with Crippen LogP contribution in [0.2, 0.25) is 0 Å². The molecule has 1 heterocycles. The van der Waals surface area contributed by atoms with Crippen LogP contribution in [0.25, 0.3) is 0 Å². The van der Waals surface area contributed by atoms with Crippen LogP contribution in [-0.4, -0.2) is 44.2 Å². The second-order valence-electron chi connectivity index (χ2n) is 7.63. The van der Waals surface area contributed by atoms with Crippen LogP contribution in [0.3, 0.4) is 0 Å². The Morgan fingerprint density at radius 2 is 1.69 bits per heavy atom. The lowest BCUT2D eigenvalue weighted by molar-refractivity contribution is -0.144. The summed E-state index contributed by atoms with van der Waals surface area (Å²) in [6.45, 7) is 3.84. The fraction of sp³-hybridized carbons (Fsp3) is 0.458. The number of carbonyl (C=O) groups excluding carboxylic acids is 1. The summed E-state index contributed by atoms with van der Waals surface area (Å²) in [4.78, 5) is 14.7. The van der Waals surface area contributed by atoms with E-state index in [2.05, 4.69) is 12.1 Å². The molecular formula is C24H31NO4. The molecule has 5 nitrogen and oxygen atoms in total. The second kappa shape index (κ2) is 10.3. The van der Waals surface area contributed by atoms with Crippen LogP contribution >= 0.6 is 0 Å². The Morgan fingerprint density at radius 1 is 1.00 bits per heavy atom. The number of nitrogens with zero attached hydrogens (tertiary/aromatic N) is 1. The van der Waals surface area contributed by atoms with Crippen LogP contribution in [0.4, 0.5) is 0 Å². The molecule has 0 aromatic heterocycles. The molecule has 0 bridgehead atoms. The van der Waals surface area contributed by atoms with Crippen LogP contribution in [0, 0.1) is 5.92 Å². The summed E-state index contributed by atoms with van der Waals surface area (Å²) in [7, 11) is 3.33. The molecule has 1 unspecified atom stereocenters. The van der Waals surface area contributed by atoms with Gasteiger partial charge in [-0.2, -0.15) is 0 Å². The zero-order valence-corrected chi connectivity index (χ0v) is 17.6. The molecule has 156 valence electrons. The molecule has 29 heavy (non-hydrogen) atoms. The molecule has 0 saturated carbocycles. The predicted molar refractivity (Wildman–Crippen MR) is 113 cm³/mol. The number of rotatable bonds is 8. The Morgan fingerprint density at radius 3 is 2.34 bits per heavy atom. The molecule has 2 aromatic rings. The van der Waals surface area contributed by atoms with Gasteiger partial charge in [-0.15, -0.1) is 0 Å². The molecule has 1 saturated heterocycles. The van der Waals surface area contributed by atoms with Crippen LogP contribution in [0.15, 0.2) is 48.5 Å². The van der Waals surface area contributed by atoms with E-state index in [-0.39, 0.29) is 5.91 Å². The Labute approximate surface area is 173 Å². The van der Waals surface area contributed by atoms with Crippen molar-refractivity contribution in [2.24, 2.45) is 5.92 Å². The first-order valence-electron chi connectivity index (χ1n) is 10.2. The van der Waals surface area contributed by atoms with Gasteiger partial charge < -0.3 is 19.1 Å². The summed E-state index contributed by atoms with van der Waals surface area (Å²) in [6, 6.07) is 16.0. The SMILES string of the molecule is COc1ccc(CC2CCN(C(=O)C(C)OCc3cccc(OC)c3)CC2)cc1. The van der Waals surface area contributed by atoms with E-state index in [0.717, 1.165) is 49.4 Å². The maximum Gasteiger partial charge on any atom is 0.251 e. The first-order valence-corrected chi connectivity index (χ1v) is 10.2. The van der Waals surface area contributed by atoms with Crippen LogP contribution in [0.5, 0.6) is 11.5 Å². The van der Waals surface area contributed by atoms with E-state index < -0.39 is 6.10 Å². The Kier molecular flexibility index (Phi) is 7.53. The molecule has 1 aliphatic rings. The van der Waals surface area contributed by atoms with Crippen LogP contribution < -0.4 is 9.47 Å². The zero-order valence-electron chi connectivity index (χ0n) is 17.6. The molecular weight excluding hydrogens is 366 g/mol. The highest BCUT2D eigenvalue weighted by Gasteiger charge is 2.26. The molecule has 0 N–H and O–H groups in total. The van der Waals surface area contributed by atoms with E-state index in [0.29, 0.717) is 12.5 Å². The summed E-state index contributed by atoms with van der Waals surface area (Å²) in [5.41, 5.74) is 2.33. The van der Waals surface area contributed by atoms with Crippen molar-refractivity contribution in [1.82, 2.24) is 4.90 Å². The van der Waals surface area contributed by atoms with E-state index >= 15 is 0 Å². The number of piperidine rings is 1. The minimum absolute atomic E-state index is 0.0794. The first-order chi connectivity index (χ1) is 14.1. The number of benzene rings is 2. The van der Waals surface area contributed by atoms with Crippen molar-refractivity contribution in [3.05, 3.63) is 59.7 Å². The van der Waals surface area contributed by atoms with E-state index in [1.54, 1.807) is 14.2 Å². The quantitative estimate of drug-likeness (QED) is 0.673. The van der Waals surface area contributed by atoms with Crippen molar-refractivity contribution in [1.29, 1.82) is 0 Å². The second-order valence-corrected chi connectivity index (χ2v) is 7.63. The summed E-state index contributed by atoms with van der Waals surface area (Å²) in [5, 5.41) is 0. The minimum Gasteiger partial charge on any atom is -0.497 e. The van der Waals surface area contributed by atoms with E-state index in [1.807, 2.05) is 48.2 Å². The summed E-state index contributed by atoms with van der Waals surface area (Å²) >= 11 is 0. The van der Waals surface area contributed by atoms with Crippen molar-refractivity contribution >= 4 is 5.91 Å². The van der Waals surface area contributed by atoms with Crippen molar-refractivity contribution in [2.75, 3.05) is 27.3 Å². The van der Waals surface area contributed by atoms with Crippen molar-refractivity contribution in [3.63, 3.8) is 0 Å². The highest BCUT2D eigenvalue weighted by molar-refractivity contribution is 5.80. The smallest absolute Gasteiger partial charge is 0.251 e. The maximum absolute atomic E-state index is 12.7. The summed E-state index contributed by atoms with van der Waals surface area (Å²) in [6.07, 6.45) is 2.66. The number of hydrogen-bond acceptors (Lipinski definition) is 4. The molecule has 5 heteroatoms. The van der Waals surface area contributed by atoms with Crippen LogP contribution in [-0.2, 0) is 22.6 Å². The van der Waals surface area contributed by atoms with Gasteiger partial charge in [0.15, 0.2) is 0 Å². The van der Waals surface area contributed by atoms with Gasteiger partial charge in [0.25, 0.3) is 5.91 Å². The standard InChI is InChI=1S/C24H31NO4/c1-18(29-17-21-5-4-6-23(16-21)28-3)24(26)25-13-11-20(12-14-25)15-19-7-9-22(27-2)10-8-19/h4-10,16,18,20H,11-15,17H2,1-3H3. The molecule has 1 fully saturated rings. The normalized spacial score (nSPS) is 15.8. The van der Waals surface area contributed by atoms with Gasteiger partial charge in [0, 0.05) is 13.1 Å². The molecule has 1 atom stereocenters. The number of amides is 1. The van der Waals surface area contributed by atoms with Gasteiger partial charge in [-0.05, 0) is 67.5 Å². The molecule has 0 spiro atoms. The third-order valence-corrected chi connectivity index (χ3v) is 5.59. The van der Waals surface area contributed by atoms with Crippen molar-refractivity contribution < 1.29 is 19.0 Å². The number of likely N-dealkylation sites (tertiary alicyclic amines) is 1. The average molecular weight is 398 g/mol. The lowest BCUT2D eigenvalue weighted by atomic mass is 9.90. The third-order valence-electron chi connectivity index (χ3n) is 5.59. The number of hydrogen-bond donors (Lipinski definition) is 0. The van der Waals surface area contributed by atoms with Crippen molar-refractivity contribution in [3.8, 4) is 11.5 Å². The van der Waals surface area contributed by atoms with Gasteiger partial charge in [-0.25, -0.2) is 0 Å². The maximum atomic E-state index is 12.7. The topological polar surface area (TPSA) is 48.0 Å². The van der Waals surface area contributed by atoms with Gasteiger partial charge in [-0.3, -0.25) is 4.79 Å². The average Bonchev–Trinajstić information content (AvgIpc) is 2.78. The third kappa shape index (κ3) is 5.97. The molecule has 2 aromatic carbocycles. The first kappa shape index (κ1) is 21.2. The lowest BCUT2D eigenvalue weighted by Gasteiger charge is -2.33. The molecule has 0 radical (unpaired) electrons. The molecule has 1 amide bonds. The van der Waals surface area contributed by atoms with Crippen LogP contribution in [0.1, 0.15) is 30.9 Å². The van der Waals surface area contributed by atoms with Gasteiger partial charge in [-0.1, -0.05) is 24.3 Å². The number of ether oxygens (including phenoxy) is 3. The van der Waals surface area contributed by atoms with Gasteiger partial charge in [0.05, 0.1) is 20.8 Å². The lowest BCUT2D eigenvalue weighted by Crippen LogP contribution is -2.44. The zero-order chi connectivity index (χ0) is 20.6. The number of carbonyl (C=O) groups is 1. The van der Waals surface area contributed by atoms with Crippen molar-refractivity contribution in [2.45, 2.75) is 38.9 Å². The fourth-order valence-electron chi connectivity index (χ4n) is 3.76. The molecule has 0 aliphatic carbocycles. The molecule has 3 rings (SSSR count). The van der Waals surface area contributed by atoms with Gasteiger partial charge >= 0.3 is 0 Å².